The summed E-state index contributed by atoms with van der Waals surface area (Å²) in [4.78, 5) is 18.9. The maximum absolute atomic E-state index is 5.74. The molecule has 106 valence electrons. The van der Waals surface area contributed by atoms with Crippen LogP contribution in [-0.4, -0.2) is 46.2 Å². The van der Waals surface area contributed by atoms with Crippen LogP contribution in [0.15, 0.2) is 21.1 Å². The lowest BCUT2D eigenvalue weighted by Gasteiger charge is -2.26. The number of morpholine rings is 1. The Balaban J connectivity index is 1.82. The second-order valence-corrected chi connectivity index (χ2v) is 5.15. The number of anilines is 2. The maximum Gasteiger partial charge on any atom is 0.263 e. The summed E-state index contributed by atoms with van der Waals surface area (Å²) in [5.41, 5.74) is 6.55. The molecule has 0 unspecified atom stereocenters. The van der Waals surface area contributed by atoms with Crippen LogP contribution in [-0.2, 0) is 4.74 Å². The number of nitrogen functional groups attached to an aromatic ring is 1. The van der Waals surface area contributed by atoms with Crippen molar-refractivity contribution in [3.63, 3.8) is 0 Å². The van der Waals surface area contributed by atoms with Crippen LogP contribution >= 0.6 is 11.8 Å². The fraction of sp³-hybridized carbons (Fsp3) is 0.455. The third-order valence-electron chi connectivity index (χ3n) is 2.69. The largest absolute Gasteiger partial charge is 0.439 e. The van der Waals surface area contributed by atoms with E-state index in [9.17, 15) is 0 Å². The Morgan fingerprint density at radius 3 is 2.70 bits per heavy atom. The van der Waals surface area contributed by atoms with Crippen molar-refractivity contribution < 1.29 is 9.15 Å². The zero-order chi connectivity index (χ0) is 13.9. The van der Waals surface area contributed by atoms with Gasteiger partial charge in [0.25, 0.3) is 5.22 Å². The minimum absolute atomic E-state index is 0.187. The van der Waals surface area contributed by atoms with E-state index in [-0.39, 0.29) is 5.95 Å². The Hall–Kier alpha value is -1.87. The Kier molecular flexibility index (Phi) is 3.70. The zero-order valence-electron chi connectivity index (χ0n) is 10.9. The van der Waals surface area contributed by atoms with Crippen molar-refractivity contribution in [3.05, 3.63) is 12.0 Å². The van der Waals surface area contributed by atoms with Crippen molar-refractivity contribution in [2.24, 2.45) is 0 Å². The Bertz CT molecular complexity index is 598. The third-order valence-corrected chi connectivity index (χ3v) is 3.42. The first-order valence-corrected chi connectivity index (χ1v) is 6.96. The molecule has 0 amide bonds. The molecule has 3 heterocycles. The predicted octanol–water partition coefficient (Wildman–Crippen LogP) is 0.738. The zero-order valence-corrected chi connectivity index (χ0v) is 11.8. The van der Waals surface area contributed by atoms with Crippen LogP contribution in [0.2, 0.25) is 0 Å². The summed E-state index contributed by atoms with van der Waals surface area (Å²) in [5, 5.41) is 0.960. The van der Waals surface area contributed by atoms with Crippen molar-refractivity contribution in [1.29, 1.82) is 0 Å². The van der Waals surface area contributed by atoms with E-state index in [1.54, 1.807) is 6.26 Å². The molecule has 1 fully saturated rings. The Labute approximate surface area is 119 Å². The highest BCUT2D eigenvalue weighted by molar-refractivity contribution is 7.98. The molecule has 0 radical (unpaired) electrons. The van der Waals surface area contributed by atoms with Gasteiger partial charge in [0.05, 0.1) is 18.9 Å². The topological polar surface area (TPSA) is 103 Å². The molecule has 1 aliphatic heterocycles. The highest BCUT2D eigenvalue weighted by Crippen LogP contribution is 2.25. The standard InChI is InChI=1S/C11H14N6O2S/c1-7-6-19-11(13-7)20-10-15-8(12)14-9(16-10)17-2-4-18-5-3-17/h6H,2-5H2,1H3,(H2,12,14,15,16). The van der Waals surface area contributed by atoms with E-state index in [2.05, 4.69) is 19.9 Å². The molecule has 3 rings (SSSR count). The number of oxazole rings is 1. The van der Waals surface area contributed by atoms with E-state index in [1.807, 2.05) is 11.8 Å². The van der Waals surface area contributed by atoms with Gasteiger partial charge < -0.3 is 19.8 Å². The normalized spacial score (nSPS) is 15.6. The Morgan fingerprint density at radius 1 is 1.20 bits per heavy atom. The minimum atomic E-state index is 0.187. The summed E-state index contributed by atoms with van der Waals surface area (Å²) < 4.78 is 10.6. The number of nitrogens with two attached hydrogens (primary N) is 1. The highest BCUT2D eigenvalue weighted by atomic mass is 32.2. The van der Waals surface area contributed by atoms with Crippen LogP contribution in [0.4, 0.5) is 11.9 Å². The van der Waals surface area contributed by atoms with Crippen molar-refractivity contribution in [3.8, 4) is 0 Å². The lowest BCUT2D eigenvalue weighted by atomic mass is 10.4. The lowest BCUT2D eigenvalue weighted by Crippen LogP contribution is -2.37. The van der Waals surface area contributed by atoms with E-state index >= 15 is 0 Å². The summed E-state index contributed by atoms with van der Waals surface area (Å²) in [5.74, 6) is 0.749. The van der Waals surface area contributed by atoms with Crippen LogP contribution in [0.3, 0.4) is 0 Å². The first-order valence-electron chi connectivity index (χ1n) is 6.15. The molecule has 0 saturated carbocycles. The second-order valence-electron chi connectivity index (χ2n) is 4.23. The number of hydrogen-bond donors (Lipinski definition) is 1. The van der Waals surface area contributed by atoms with Crippen molar-refractivity contribution >= 4 is 23.7 Å². The molecule has 0 bridgehead atoms. The van der Waals surface area contributed by atoms with Gasteiger partial charge in [-0.1, -0.05) is 0 Å². The monoisotopic (exact) mass is 294 g/mol. The fourth-order valence-electron chi connectivity index (χ4n) is 1.77. The average Bonchev–Trinajstić information content (AvgIpc) is 2.84. The van der Waals surface area contributed by atoms with Gasteiger partial charge in [-0.25, -0.2) is 4.98 Å². The predicted molar refractivity (Wildman–Crippen MR) is 72.6 cm³/mol. The minimum Gasteiger partial charge on any atom is -0.439 e. The van der Waals surface area contributed by atoms with Crippen LogP contribution < -0.4 is 10.6 Å². The van der Waals surface area contributed by atoms with Crippen LogP contribution in [0, 0.1) is 6.92 Å². The smallest absolute Gasteiger partial charge is 0.263 e. The van der Waals surface area contributed by atoms with Gasteiger partial charge in [0.15, 0.2) is 0 Å². The van der Waals surface area contributed by atoms with Crippen LogP contribution in [0.5, 0.6) is 0 Å². The second kappa shape index (κ2) is 5.63. The van der Waals surface area contributed by atoms with Crippen LogP contribution in [0.1, 0.15) is 5.69 Å². The van der Waals surface area contributed by atoms with Gasteiger partial charge in [-0.15, -0.1) is 0 Å². The molecule has 9 heteroatoms. The quantitative estimate of drug-likeness (QED) is 0.877. The molecule has 2 N–H and O–H groups in total. The summed E-state index contributed by atoms with van der Waals surface area (Å²) in [6.45, 7) is 4.66. The van der Waals surface area contributed by atoms with Gasteiger partial charge in [0.2, 0.25) is 17.1 Å². The molecule has 0 aliphatic carbocycles. The van der Waals surface area contributed by atoms with E-state index in [4.69, 9.17) is 14.9 Å². The molecular weight excluding hydrogens is 280 g/mol. The first-order chi connectivity index (χ1) is 9.70. The van der Waals surface area contributed by atoms with Crippen molar-refractivity contribution in [1.82, 2.24) is 19.9 Å². The number of ether oxygens (including phenoxy) is 1. The number of aryl methyl sites for hydroxylation is 1. The van der Waals surface area contributed by atoms with E-state index in [1.165, 1.54) is 11.8 Å². The molecule has 1 saturated heterocycles. The molecule has 2 aromatic rings. The number of hydrogen-bond acceptors (Lipinski definition) is 9. The SMILES string of the molecule is Cc1coc(Sc2nc(N)nc(N3CCOCC3)n2)n1. The molecule has 0 spiro atoms. The molecule has 8 nitrogen and oxygen atoms in total. The van der Waals surface area contributed by atoms with Crippen molar-refractivity contribution in [2.75, 3.05) is 36.9 Å². The first kappa shape index (κ1) is 13.1. The van der Waals surface area contributed by atoms with E-state index in [0.29, 0.717) is 29.5 Å². The van der Waals surface area contributed by atoms with Crippen LogP contribution in [0.25, 0.3) is 0 Å². The molecule has 1 aliphatic rings. The van der Waals surface area contributed by atoms with Gasteiger partial charge >= 0.3 is 0 Å². The number of rotatable bonds is 3. The molecular formula is C11H14N6O2S. The summed E-state index contributed by atoms with van der Waals surface area (Å²) in [6.07, 6.45) is 1.58. The summed E-state index contributed by atoms with van der Waals surface area (Å²) in [6, 6.07) is 0. The summed E-state index contributed by atoms with van der Waals surface area (Å²) >= 11 is 1.22. The van der Waals surface area contributed by atoms with Gasteiger partial charge in [0, 0.05) is 24.9 Å². The Morgan fingerprint density at radius 2 is 2.00 bits per heavy atom. The third kappa shape index (κ3) is 2.99. The fourth-order valence-corrected chi connectivity index (χ4v) is 2.48. The maximum atomic E-state index is 5.74. The number of aromatic nitrogens is 4. The molecule has 20 heavy (non-hydrogen) atoms. The van der Waals surface area contributed by atoms with E-state index < -0.39 is 0 Å². The van der Waals surface area contributed by atoms with Crippen molar-refractivity contribution in [2.45, 2.75) is 17.3 Å². The van der Waals surface area contributed by atoms with Gasteiger partial charge in [-0.3, -0.25) is 0 Å². The summed E-state index contributed by atoms with van der Waals surface area (Å²) in [7, 11) is 0. The van der Waals surface area contributed by atoms with E-state index in [0.717, 1.165) is 18.8 Å². The number of nitrogens with zero attached hydrogens (tertiary/aromatic N) is 5. The van der Waals surface area contributed by atoms with Gasteiger partial charge in [-0.05, 0) is 6.92 Å². The lowest BCUT2D eigenvalue weighted by molar-refractivity contribution is 0.122. The van der Waals surface area contributed by atoms with Gasteiger partial charge in [-0.2, -0.15) is 15.0 Å². The molecule has 0 atom stereocenters. The average molecular weight is 294 g/mol. The molecule has 0 aromatic carbocycles. The van der Waals surface area contributed by atoms with Gasteiger partial charge in [0.1, 0.15) is 6.26 Å². The molecule has 2 aromatic heterocycles. The highest BCUT2D eigenvalue weighted by Gasteiger charge is 2.17.